The molecule has 0 radical (unpaired) electrons. The summed E-state index contributed by atoms with van der Waals surface area (Å²) in [5, 5.41) is 0. The molecule has 2 heterocycles. The highest BCUT2D eigenvalue weighted by Crippen LogP contribution is 2.45. The van der Waals surface area contributed by atoms with E-state index in [9.17, 15) is 0 Å². The summed E-state index contributed by atoms with van der Waals surface area (Å²) < 4.78 is 11.9. The molecule has 124 valence electrons. The molecular formula is C16H33NO2PS+. The quantitative estimate of drug-likeness (QED) is 0.545. The number of rotatable bonds is 8. The lowest BCUT2D eigenvalue weighted by Gasteiger charge is -2.41. The second kappa shape index (κ2) is 8.98. The summed E-state index contributed by atoms with van der Waals surface area (Å²) >= 11 is 5.57. The maximum atomic E-state index is 6.09. The van der Waals surface area contributed by atoms with Crippen LogP contribution in [-0.4, -0.2) is 39.0 Å². The van der Waals surface area contributed by atoms with Crippen molar-refractivity contribution in [2.45, 2.75) is 64.3 Å². The van der Waals surface area contributed by atoms with Crippen molar-refractivity contribution < 1.29 is 13.9 Å². The second-order valence-corrected chi connectivity index (χ2v) is 10.8. The van der Waals surface area contributed by atoms with Crippen molar-refractivity contribution in [1.29, 1.82) is 0 Å². The van der Waals surface area contributed by atoms with Gasteiger partial charge in [0.15, 0.2) is 6.49 Å². The Morgan fingerprint density at radius 1 is 1.10 bits per heavy atom. The minimum absolute atomic E-state index is 0.704. The van der Waals surface area contributed by atoms with Gasteiger partial charge in [-0.2, -0.15) is 0 Å². The lowest BCUT2D eigenvalue weighted by atomic mass is 9.84. The van der Waals surface area contributed by atoms with E-state index in [0.29, 0.717) is 5.92 Å². The number of hydrogen-bond acceptors (Lipinski definition) is 3. The van der Waals surface area contributed by atoms with Crippen LogP contribution in [0.1, 0.15) is 58.3 Å². The van der Waals surface area contributed by atoms with Gasteiger partial charge in [0.2, 0.25) is 0 Å². The lowest BCUT2D eigenvalue weighted by Crippen LogP contribution is -3.18. The van der Waals surface area contributed by atoms with Gasteiger partial charge in [-0.25, -0.2) is 0 Å². The van der Waals surface area contributed by atoms with Crippen LogP contribution < -0.4 is 4.90 Å². The van der Waals surface area contributed by atoms with Gasteiger partial charge in [-0.05, 0) is 50.3 Å². The Kier molecular flexibility index (Phi) is 7.64. The molecule has 0 spiro atoms. The van der Waals surface area contributed by atoms with Crippen LogP contribution in [0.5, 0.6) is 0 Å². The van der Waals surface area contributed by atoms with E-state index >= 15 is 0 Å². The van der Waals surface area contributed by atoms with Crippen LogP contribution in [0.3, 0.4) is 0 Å². The zero-order chi connectivity index (χ0) is 15.1. The highest BCUT2D eigenvalue weighted by molar-refractivity contribution is 8.09. The van der Waals surface area contributed by atoms with Crippen molar-refractivity contribution in [2.75, 3.05) is 33.0 Å². The predicted octanol–water partition coefficient (Wildman–Crippen LogP) is 3.00. The van der Waals surface area contributed by atoms with E-state index in [-0.39, 0.29) is 0 Å². The lowest BCUT2D eigenvalue weighted by molar-refractivity contribution is -0.940. The molecular weight excluding hydrogens is 301 g/mol. The number of unbranched alkanes of at least 4 members (excludes halogenated alkanes) is 2. The first kappa shape index (κ1) is 17.9. The van der Waals surface area contributed by atoms with E-state index in [4.69, 9.17) is 20.9 Å². The Labute approximate surface area is 135 Å². The topological polar surface area (TPSA) is 22.9 Å². The number of hydrogen-bond donors (Lipinski definition) is 1. The zero-order valence-corrected chi connectivity index (χ0v) is 15.5. The van der Waals surface area contributed by atoms with Gasteiger partial charge in [-0.3, -0.25) is 0 Å². The predicted molar refractivity (Wildman–Crippen MR) is 92.7 cm³/mol. The minimum Gasteiger partial charge on any atom is -0.332 e. The molecule has 5 heteroatoms. The Hall–Kier alpha value is 0.530. The molecule has 4 atom stereocenters. The third kappa shape index (κ3) is 5.91. The normalized spacial score (nSPS) is 32.4. The first-order valence-corrected chi connectivity index (χ1v) is 11.9. The molecule has 2 fully saturated rings. The summed E-state index contributed by atoms with van der Waals surface area (Å²) in [6.45, 7) is 6.53. The van der Waals surface area contributed by atoms with Gasteiger partial charge in [0.1, 0.15) is 0 Å². The van der Waals surface area contributed by atoms with Crippen molar-refractivity contribution in [2.24, 2.45) is 5.92 Å². The fourth-order valence-corrected chi connectivity index (χ4v) is 5.23. The van der Waals surface area contributed by atoms with Crippen molar-refractivity contribution in [1.82, 2.24) is 0 Å². The molecule has 0 aromatic heterocycles. The summed E-state index contributed by atoms with van der Waals surface area (Å²) in [4.78, 5) is 1.83. The van der Waals surface area contributed by atoms with Gasteiger partial charge in [0, 0.05) is 12.6 Å². The monoisotopic (exact) mass is 334 g/mol. The average molecular weight is 334 g/mol. The maximum absolute atomic E-state index is 6.09. The van der Waals surface area contributed by atoms with Crippen LogP contribution >= 0.6 is 6.49 Å². The van der Waals surface area contributed by atoms with Gasteiger partial charge in [0.25, 0.3) is 0 Å². The Morgan fingerprint density at radius 3 is 2.71 bits per heavy atom. The van der Waals surface area contributed by atoms with Gasteiger partial charge < -0.3 is 13.9 Å². The molecule has 21 heavy (non-hydrogen) atoms. The highest BCUT2D eigenvalue weighted by atomic mass is 32.5. The smallest absolute Gasteiger partial charge is 0.185 e. The molecule has 2 saturated heterocycles. The summed E-state index contributed by atoms with van der Waals surface area (Å²) in [6.07, 6.45) is 10.4. The average Bonchev–Trinajstić information content (AvgIpc) is 2.50. The van der Waals surface area contributed by atoms with Crippen molar-refractivity contribution in [3.05, 3.63) is 0 Å². The van der Waals surface area contributed by atoms with Gasteiger partial charge in [-0.15, -0.1) is 0 Å². The van der Waals surface area contributed by atoms with E-state index in [0.717, 1.165) is 25.7 Å². The molecule has 4 unspecified atom stereocenters. The van der Waals surface area contributed by atoms with Crippen molar-refractivity contribution >= 4 is 18.3 Å². The molecule has 0 saturated carbocycles. The van der Waals surface area contributed by atoms with E-state index < -0.39 is 6.49 Å². The molecule has 0 aromatic carbocycles. The summed E-state index contributed by atoms with van der Waals surface area (Å²) in [5.41, 5.74) is 0. The third-order valence-corrected chi connectivity index (χ3v) is 6.93. The van der Waals surface area contributed by atoms with E-state index in [1.165, 1.54) is 58.0 Å². The Bertz CT molecular complexity index is 351. The molecule has 0 bridgehead atoms. The van der Waals surface area contributed by atoms with Crippen LogP contribution in [0, 0.1) is 5.92 Å². The van der Waals surface area contributed by atoms with Gasteiger partial charge >= 0.3 is 0 Å². The molecule has 0 aliphatic carbocycles. The number of piperidine rings is 2. The zero-order valence-electron chi connectivity index (χ0n) is 13.8. The Balaban J connectivity index is 1.74. The highest BCUT2D eigenvalue weighted by Gasteiger charge is 2.37. The van der Waals surface area contributed by atoms with Crippen molar-refractivity contribution in [3.8, 4) is 0 Å². The van der Waals surface area contributed by atoms with E-state index in [1.54, 1.807) is 0 Å². The van der Waals surface area contributed by atoms with Crippen molar-refractivity contribution in [3.63, 3.8) is 0 Å². The fourth-order valence-electron chi connectivity index (χ4n) is 3.83. The first-order valence-electron chi connectivity index (χ1n) is 8.83. The standard InChI is InChI=1S/C16H32NO2PS/c1-3-4-7-13-18-20(2,21)19-14-15-9-8-12-17-11-6-5-10-16(15)17/h15-16H,3-14H2,1-2H3/p+1. The van der Waals surface area contributed by atoms with Crippen LogP contribution in [0.2, 0.25) is 0 Å². The number of nitrogens with one attached hydrogen (secondary N) is 1. The third-order valence-electron chi connectivity index (χ3n) is 5.03. The second-order valence-electron chi connectivity index (χ2n) is 6.77. The SMILES string of the molecule is CCCCCOP(C)(=S)OCC1CCC[NH+]2CCCCC12. The fraction of sp³-hybridized carbons (Fsp3) is 1.00. The number of quaternary nitrogens is 1. The van der Waals surface area contributed by atoms with Crippen LogP contribution in [-0.2, 0) is 20.9 Å². The Morgan fingerprint density at radius 2 is 1.90 bits per heavy atom. The molecule has 1 N–H and O–H groups in total. The van der Waals surface area contributed by atoms with Gasteiger partial charge in [0.05, 0.1) is 32.3 Å². The van der Waals surface area contributed by atoms with Crippen LogP contribution in [0.25, 0.3) is 0 Å². The molecule has 0 aromatic rings. The maximum Gasteiger partial charge on any atom is 0.185 e. The van der Waals surface area contributed by atoms with E-state index in [2.05, 4.69) is 6.92 Å². The molecule has 2 rings (SSSR count). The largest absolute Gasteiger partial charge is 0.332 e. The first-order chi connectivity index (χ1) is 10.1. The molecule has 2 aliphatic heterocycles. The number of fused-ring (bicyclic) bond motifs is 1. The summed E-state index contributed by atoms with van der Waals surface area (Å²) in [7, 11) is 0. The summed E-state index contributed by atoms with van der Waals surface area (Å²) in [6, 6.07) is 0.822. The van der Waals surface area contributed by atoms with Gasteiger partial charge in [-0.1, -0.05) is 19.8 Å². The van der Waals surface area contributed by atoms with E-state index in [1.807, 2.05) is 11.6 Å². The van der Waals surface area contributed by atoms with Crippen LogP contribution in [0.4, 0.5) is 0 Å². The van der Waals surface area contributed by atoms with Crippen LogP contribution in [0.15, 0.2) is 0 Å². The molecule has 0 amide bonds. The molecule has 2 aliphatic rings. The minimum atomic E-state index is -2.02. The summed E-state index contributed by atoms with van der Waals surface area (Å²) in [5.74, 6) is 0.704. The molecule has 3 nitrogen and oxygen atoms in total.